The van der Waals surface area contributed by atoms with Crippen molar-refractivity contribution in [1.29, 1.82) is 0 Å². The average molecular weight is 210 g/mol. The van der Waals surface area contributed by atoms with Crippen LogP contribution in [0.3, 0.4) is 0 Å². The highest BCUT2D eigenvalue weighted by atomic mass is 19.1. The van der Waals surface area contributed by atoms with E-state index in [1.54, 1.807) is 32.1 Å². The van der Waals surface area contributed by atoms with E-state index in [1.165, 1.54) is 6.08 Å². The first-order valence-electron chi connectivity index (χ1n) is 4.75. The minimum Gasteiger partial charge on any atom is -0.455 e. The Morgan fingerprint density at radius 1 is 1.53 bits per heavy atom. The highest BCUT2D eigenvalue weighted by molar-refractivity contribution is 5.27. The topological polar surface area (TPSA) is 47.3 Å². The third-order valence-corrected chi connectivity index (χ3v) is 1.89. The van der Waals surface area contributed by atoms with E-state index in [1.807, 2.05) is 0 Å². The molecule has 0 radical (unpaired) electrons. The van der Waals surface area contributed by atoms with Crippen molar-refractivity contribution in [2.24, 2.45) is 5.73 Å². The Bertz CT molecular complexity index is 354. The van der Waals surface area contributed by atoms with Gasteiger partial charge in [-0.25, -0.2) is 4.39 Å². The zero-order valence-corrected chi connectivity index (χ0v) is 8.88. The summed E-state index contributed by atoms with van der Waals surface area (Å²) in [7, 11) is 0. The molecule has 1 aliphatic rings. The normalized spacial score (nSPS) is 17.8. The number of hydrogen-bond acceptors (Lipinski definition) is 3. The highest BCUT2D eigenvalue weighted by Gasteiger charge is 2.08. The van der Waals surface area contributed by atoms with Crippen LogP contribution in [-0.2, 0) is 4.74 Å². The fraction of sp³-hybridized carbons (Fsp3) is 0.273. The second-order valence-corrected chi connectivity index (χ2v) is 2.98. The van der Waals surface area contributed by atoms with Gasteiger partial charge in [-0.2, -0.15) is 0 Å². The van der Waals surface area contributed by atoms with Gasteiger partial charge in [0.15, 0.2) is 11.6 Å². The van der Waals surface area contributed by atoms with Crippen molar-refractivity contribution in [3.63, 3.8) is 0 Å². The van der Waals surface area contributed by atoms with Crippen LogP contribution in [-0.4, -0.2) is 6.54 Å². The van der Waals surface area contributed by atoms with Gasteiger partial charge in [0.2, 0.25) is 0 Å². The van der Waals surface area contributed by atoms with E-state index in [-0.39, 0.29) is 11.6 Å². The summed E-state index contributed by atoms with van der Waals surface area (Å²) >= 11 is 0. The Morgan fingerprint density at radius 2 is 2.27 bits per heavy atom. The van der Waals surface area contributed by atoms with Gasteiger partial charge in [0.05, 0.1) is 5.82 Å². The maximum Gasteiger partial charge on any atom is 0.161 e. The van der Waals surface area contributed by atoms with Crippen LogP contribution in [0.4, 0.5) is 4.39 Å². The summed E-state index contributed by atoms with van der Waals surface area (Å²) < 4.78 is 18.6. The summed E-state index contributed by atoms with van der Waals surface area (Å²) in [4.78, 5) is 0. The van der Waals surface area contributed by atoms with Crippen molar-refractivity contribution in [2.75, 3.05) is 6.54 Å². The molecule has 0 aromatic heterocycles. The molecule has 0 fully saturated rings. The van der Waals surface area contributed by atoms with Gasteiger partial charge in [0.25, 0.3) is 0 Å². The molecule has 3 N–H and O–H groups in total. The van der Waals surface area contributed by atoms with Crippen LogP contribution in [0.2, 0.25) is 0 Å². The van der Waals surface area contributed by atoms with E-state index in [4.69, 9.17) is 10.5 Å². The number of allylic oxidation sites excluding steroid dienone is 4. The number of ether oxygens (including phenoxy) is 1. The lowest BCUT2D eigenvalue weighted by Crippen LogP contribution is -2.23. The van der Waals surface area contributed by atoms with Gasteiger partial charge in [-0.05, 0) is 32.1 Å². The first-order valence-corrected chi connectivity index (χ1v) is 4.75. The molecule has 82 valence electrons. The lowest BCUT2D eigenvalue weighted by molar-refractivity contribution is 0.305. The predicted molar refractivity (Wildman–Crippen MR) is 58.1 cm³/mol. The Balaban J connectivity index is 2.73. The lowest BCUT2D eigenvalue weighted by atomic mass is 10.3. The maximum absolute atomic E-state index is 13.2. The van der Waals surface area contributed by atoms with Gasteiger partial charge in [0.1, 0.15) is 5.76 Å². The summed E-state index contributed by atoms with van der Waals surface area (Å²) in [5, 5.41) is 2.90. The third kappa shape index (κ3) is 3.16. The fourth-order valence-electron chi connectivity index (χ4n) is 1.12. The van der Waals surface area contributed by atoms with Crippen molar-refractivity contribution < 1.29 is 9.13 Å². The van der Waals surface area contributed by atoms with Crippen molar-refractivity contribution in [1.82, 2.24) is 5.32 Å². The van der Waals surface area contributed by atoms with Gasteiger partial charge in [0, 0.05) is 12.6 Å². The van der Waals surface area contributed by atoms with E-state index in [9.17, 15) is 4.39 Å². The standard InChI is InChI=1S/C11H15FN2O/c1-3-9(12)10(4-2)15-8-5-6-14-11(13)7-8/h3-5,7,14H,6,13H2,1-2H3/b9-3+,10-4+. The Labute approximate surface area is 88.8 Å². The van der Waals surface area contributed by atoms with E-state index >= 15 is 0 Å². The van der Waals surface area contributed by atoms with Gasteiger partial charge in [-0.3, -0.25) is 0 Å². The maximum atomic E-state index is 13.2. The van der Waals surface area contributed by atoms with Crippen LogP contribution in [0.15, 0.2) is 47.5 Å². The molecule has 0 aromatic carbocycles. The molecule has 0 spiro atoms. The molecule has 0 aromatic rings. The Hall–Kier alpha value is -1.71. The van der Waals surface area contributed by atoms with Crippen molar-refractivity contribution in [3.8, 4) is 0 Å². The zero-order valence-electron chi connectivity index (χ0n) is 8.88. The van der Waals surface area contributed by atoms with Crippen LogP contribution in [0.5, 0.6) is 0 Å². The monoisotopic (exact) mass is 210 g/mol. The molecule has 3 nitrogen and oxygen atoms in total. The van der Waals surface area contributed by atoms with Crippen LogP contribution in [0.25, 0.3) is 0 Å². The molecule has 1 aliphatic heterocycles. The predicted octanol–water partition coefficient (Wildman–Crippen LogP) is 2.07. The van der Waals surface area contributed by atoms with Crippen LogP contribution in [0.1, 0.15) is 13.8 Å². The van der Waals surface area contributed by atoms with E-state index in [0.29, 0.717) is 18.1 Å². The molecule has 0 aliphatic carbocycles. The molecular weight excluding hydrogens is 195 g/mol. The summed E-state index contributed by atoms with van der Waals surface area (Å²) in [5.41, 5.74) is 5.55. The molecule has 0 amide bonds. The molecule has 1 rings (SSSR count). The minimum absolute atomic E-state index is 0.203. The Morgan fingerprint density at radius 3 is 2.80 bits per heavy atom. The summed E-state index contributed by atoms with van der Waals surface area (Å²) in [6.07, 6.45) is 6.34. The van der Waals surface area contributed by atoms with Crippen LogP contribution >= 0.6 is 0 Å². The van der Waals surface area contributed by atoms with Crippen molar-refractivity contribution in [2.45, 2.75) is 13.8 Å². The van der Waals surface area contributed by atoms with Gasteiger partial charge >= 0.3 is 0 Å². The number of dihydropyridines is 1. The second kappa shape index (κ2) is 5.24. The number of nitrogens with two attached hydrogens (primary N) is 1. The van der Waals surface area contributed by atoms with Crippen molar-refractivity contribution >= 4 is 0 Å². The van der Waals surface area contributed by atoms with Gasteiger partial charge < -0.3 is 15.8 Å². The summed E-state index contributed by atoms with van der Waals surface area (Å²) in [5.74, 6) is 0.888. The van der Waals surface area contributed by atoms with Crippen LogP contribution in [0, 0.1) is 0 Å². The molecule has 0 atom stereocenters. The fourth-order valence-corrected chi connectivity index (χ4v) is 1.12. The molecule has 0 bridgehead atoms. The molecule has 1 heterocycles. The van der Waals surface area contributed by atoms with Crippen molar-refractivity contribution in [3.05, 3.63) is 47.5 Å². The van der Waals surface area contributed by atoms with E-state index < -0.39 is 0 Å². The molecule has 0 saturated carbocycles. The first-order chi connectivity index (χ1) is 7.17. The molecule has 0 saturated heterocycles. The number of rotatable bonds is 3. The molecule has 15 heavy (non-hydrogen) atoms. The van der Waals surface area contributed by atoms with Crippen LogP contribution < -0.4 is 11.1 Å². The minimum atomic E-state index is -0.385. The molecule has 0 unspecified atom stereocenters. The third-order valence-electron chi connectivity index (χ3n) is 1.89. The second-order valence-electron chi connectivity index (χ2n) is 2.98. The Kier molecular flexibility index (Phi) is 3.97. The van der Waals surface area contributed by atoms with E-state index in [2.05, 4.69) is 5.32 Å². The molecular formula is C11H15FN2O. The number of nitrogens with one attached hydrogen (secondary N) is 1. The first kappa shape index (κ1) is 11.4. The quantitative estimate of drug-likeness (QED) is 0.553. The smallest absolute Gasteiger partial charge is 0.161 e. The van der Waals surface area contributed by atoms with Gasteiger partial charge in [-0.1, -0.05) is 0 Å². The summed E-state index contributed by atoms with van der Waals surface area (Å²) in [6.45, 7) is 3.92. The average Bonchev–Trinajstić information content (AvgIpc) is 2.25. The molecule has 4 heteroatoms. The highest BCUT2D eigenvalue weighted by Crippen LogP contribution is 2.18. The van der Waals surface area contributed by atoms with E-state index in [0.717, 1.165) is 0 Å². The zero-order chi connectivity index (χ0) is 11.3. The number of halogens is 1. The lowest BCUT2D eigenvalue weighted by Gasteiger charge is -2.14. The summed E-state index contributed by atoms with van der Waals surface area (Å²) in [6, 6.07) is 0. The largest absolute Gasteiger partial charge is 0.455 e. The van der Waals surface area contributed by atoms with Gasteiger partial charge in [-0.15, -0.1) is 0 Å². The SMILES string of the molecule is C/C=C(F)\C(=C/C)OC1=CCNC(N)=C1. The number of hydrogen-bond donors (Lipinski definition) is 2.